The Balaban J connectivity index is 2.04. The number of unbranched alkanes of at least 4 members (excludes halogenated alkanes) is 3. The molecule has 0 spiro atoms. The third kappa shape index (κ3) is 5.01. The van der Waals surface area contributed by atoms with Gasteiger partial charge in [-0.15, -0.1) is 11.6 Å². The molecule has 0 atom stereocenters. The zero-order valence-corrected chi connectivity index (χ0v) is 13.8. The van der Waals surface area contributed by atoms with Gasteiger partial charge in [-0.1, -0.05) is 68.7 Å². The highest BCUT2D eigenvalue weighted by Gasteiger charge is 2.07. The SMILES string of the molecule is CCCCCCN(CCCl)Cc1cccc2ccccc12. The van der Waals surface area contributed by atoms with E-state index in [0.717, 1.165) is 19.6 Å². The summed E-state index contributed by atoms with van der Waals surface area (Å²) in [6.07, 6.45) is 5.22. The molecule has 0 saturated heterocycles. The van der Waals surface area contributed by atoms with Crippen LogP contribution in [0, 0.1) is 0 Å². The van der Waals surface area contributed by atoms with Crippen LogP contribution in [0.3, 0.4) is 0 Å². The first kappa shape index (κ1) is 16.3. The minimum Gasteiger partial charge on any atom is -0.298 e. The van der Waals surface area contributed by atoms with E-state index >= 15 is 0 Å². The first-order valence-electron chi connectivity index (χ1n) is 8.10. The Morgan fingerprint density at radius 3 is 2.52 bits per heavy atom. The average Bonchev–Trinajstić information content (AvgIpc) is 2.52. The number of halogens is 1. The lowest BCUT2D eigenvalue weighted by atomic mass is 10.0. The predicted octanol–water partition coefficient (Wildman–Crippen LogP) is 5.46. The first-order chi connectivity index (χ1) is 10.3. The quantitative estimate of drug-likeness (QED) is 0.439. The van der Waals surface area contributed by atoms with E-state index < -0.39 is 0 Å². The topological polar surface area (TPSA) is 3.24 Å². The second-order valence-electron chi connectivity index (χ2n) is 5.66. The highest BCUT2D eigenvalue weighted by molar-refractivity contribution is 6.18. The summed E-state index contributed by atoms with van der Waals surface area (Å²) in [6.45, 7) is 5.37. The second kappa shape index (κ2) is 9.07. The van der Waals surface area contributed by atoms with E-state index in [1.165, 1.54) is 42.0 Å². The molecule has 0 fully saturated rings. The molecule has 1 nitrogen and oxygen atoms in total. The first-order valence-corrected chi connectivity index (χ1v) is 8.63. The molecule has 0 aliphatic carbocycles. The van der Waals surface area contributed by atoms with Gasteiger partial charge in [0, 0.05) is 19.0 Å². The second-order valence-corrected chi connectivity index (χ2v) is 6.04. The van der Waals surface area contributed by atoms with E-state index in [0.29, 0.717) is 5.88 Å². The minimum absolute atomic E-state index is 0.707. The van der Waals surface area contributed by atoms with Crippen molar-refractivity contribution in [2.45, 2.75) is 39.2 Å². The number of fused-ring (bicyclic) bond motifs is 1. The molecule has 0 amide bonds. The molecule has 0 N–H and O–H groups in total. The van der Waals surface area contributed by atoms with Gasteiger partial charge in [0.15, 0.2) is 0 Å². The van der Waals surface area contributed by atoms with Crippen molar-refractivity contribution in [1.29, 1.82) is 0 Å². The molecule has 0 radical (unpaired) electrons. The lowest BCUT2D eigenvalue weighted by Crippen LogP contribution is -2.26. The van der Waals surface area contributed by atoms with Crippen LogP contribution in [0.5, 0.6) is 0 Å². The molecule has 21 heavy (non-hydrogen) atoms. The molecule has 2 heteroatoms. The van der Waals surface area contributed by atoms with Gasteiger partial charge in [-0.2, -0.15) is 0 Å². The van der Waals surface area contributed by atoms with Crippen LogP contribution in [-0.4, -0.2) is 23.9 Å². The van der Waals surface area contributed by atoms with Gasteiger partial charge in [0.05, 0.1) is 0 Å². The number of alkyl halides is 1. The molecule has 0 heterocycles. The van der Waals surface area contributed by atoms with Gasteiger partial charge in [-0.3, -0.25) is 4.90 Å². The van der Waals surface area contributed by atoms with Crippen molar-refractivity contribution in [1.82, 2.24) is 4.90 Å². The number of hydrogen-bond donors (Lipinski definition) is 0. The maximum absolute atomic E-state index is 5.98. The van der Waals surface area contributed by atoms with Crippen molar-refractivity contribution < 1.29 is 0 Å². The van der Waals surface area contributed by atoms with Gasteiger partial charge < -0.3 is 0 Å². The van der Waals surface area contributed by atoms with Crippen LogP contribution >= 0.6 is 11.6 Å². The highest BCUT2D eigenvalue weighted by Crippen LogP contribution is 2.20. The predicted molar refractivity (Wildman–Crippen MR) is 94.1 cm³/mol. The third-order valence-electron chi connectivity index (χ3n) is 4.00. The van der Waals surface area contributed by atoms with Crippen molar-refractivity contribution in [3.05, 3.63) is 48.0 Å². The summed E-state index contributed by atoms with van der Waals surface area (Å²) in [5, 5.41) is 2.69. The summed E-state index contributed by atoms with van der Waals surface area (Å²) in [4.78, 5) is 2.49. The molecule has 0 bridgehead atoms. The van der Waals surface area contributed by atoms with Gasteiger partial charge in [0.1, 0.15) is 0 Å². The van der Waals surface area contributed by atoms with Gasteiger partial charge in [0.25, 0.3) is 0 Å². The lowest BCUT2D eigenvalue weighted by molar-refractivity contribution is 0.275. The molecular formula is C19H26ClN. The van der Waals surface area contributed by atoms with Gasteiger partial charge >= 0.3 is 0 Å². The molecule has 2 rings (SSSR count). The van der Waals surface area contributed by atoms with Crippen molar-refractivity contribution in [3.8, 4) is 0 Å². The Morgan fingerprint density at radius 1 is 0.905 bits per heavy atom. The molecule has 0 saturated carbocycles. The van der Waals surface area contributed by atoms with E-state index in [1.54, 1.807) is 0 Å². The number of hydrogen-bond acceptors (Lipinski definition) is 1. The van der Waals surface area contributed by atoms with Crippen molar-refractivity contribution in [3.63, 3.8) is 0 Å². The number of benzene rings is 2. The molecular weight excluding hydrogens is 278 g/mol. The van der Waals surface area contributed by atoms with Crippen LogP contribution < -0.4 is 0 Å². The Bertz CT molecular complexity index is 533. The number of nitrogens with zero attached hydrogens (tertiary/aromatic N) is 1. The van der Waals surface area contributed by atoms with Gasteiger partial charge in [-0.25, -0.2) is 0 Å². The lowest BCUT2D eigenvalue weighted by Gasteiger charge is -2.22. The van der Waals surface area contributed by atoms with E-state index in [4.69, 9.17) is 11.6 Å². The van der Waals surface area contributed by atoms with Crippen molar-refractivity contribution in [2.24, 2.45) is 0 Å². The Morgan fingerprint density at radius 2 is 1.71 bits per heavy atom. The van der Waals surface area contributed by atoms with Gasteiger partial charge in [-0.05, 0) is 29.3 Å². The van der Waals surface area contributed by atoms with E-state index in [9.17, 15) is 0 Å². The maximum Gasteiger partial charge on any atom is 0.0351 e. The summed E-state index contributed by atoms with van der Waals surface area (Å²) >= 11 is 5.98. The smallest absolute Gasteiger partial charge is 0.0351 e. The monoisotopic (exact) mass is 303 g/mol. The molecule has 2 aromatic carbocycles. The largest absolute Gasteiger partial charge is 0.298 e. The van der Waals surface area contributed by atoms with Crippen molar-refractivity contribution in [2.75, 3.05) is 19.0 Å². The molecule has 0 unspecified atom stereocenters. The standard InChI is InChI=1S/C19H26ClN/c1-2-3-4-7-14-21(15-13-20)16-18-11-8-10-17-9-5-6-12-19(17)18/h5-6,8-12H,2-4,7,13-16H2,1H3. The Labute approximate surface area is 133 Å². The average molecular weight is 304 g/mol. The molecule has 2 aromatic rings. The number of rotatable bonds is 9. The zero-order chi connectivity index (χ0) is 14.9. The molecule has 0 aromatic heterocycles. The zero-order valence-electron chi connectivity index (χ0n) is 13.0. The van der Waals surface area contributed by atoms with Crippen LogP contribution in [0.2, 0.25) is 0 Å². The van der Waals surface area contributed by atoms with Crippen molar-refractivity contribution >= 4 is 22.4 Å². The summed E-state index contributed by atoms with van der Waals surface area (Å²) < 4.78 is 0. The molecule has 0 aliphatic heterocycles. The van der Waals surface area contributed by atoms with Gasteiger partial charge in [0.2, 0.25) is 0 Å². The highest BCUT2D eigenvalue weighted by atomic mass is 35.5. The molecule has 114 valence electrons. The van der Waals surface area contributed by atoms with E-state index in [1.807, 2.05) is 0 Å². The van der Waals surface area contributed by atoms with Crippen LogP contribution in [0.25, 0.3) is 10.8 Å². The Kier molecular flexibility index (Phi) is 7.05. The summed E-state index contributed by atoms with van der Waals surface area (Å²) in [6, 6.07) is 15.2. The fourth-order valence-electron chi connectivity index (χ4n) is 2.82. The van der Waals surface area contributed by atoms with Crippen LogP contribution in [-0.2, 0) is 6.54 Å². The fraction of sp³-hybridized carbons (Fsp3) is 0.474. The van der Waals surface area contributed by atoms with Crippen LogP contribution in [0.15, 0.2) is 42.5 Å². The molecule has 0 aliphatic rings. The van der Waals surface area contributed by atoms with E-state index in [-0.39, 0.29) is 0 Å². The summed E-state index contributed by atoms with van der Waals surface area (Å²) in [5.74, 6) is 0.707. The summed E-state index contributed by atoms with van der Waals surface area (Å²) in [7, 11) is 0. The Hall–Kier alpha value is -1.05. The normalized spacial score (nSPS) is 11.4. The maximum atomic E-state index is 5.98. The summed E-state index contributed by atoms with van der Waals surface area (Å²) in [5.41, 5.74) is 1.41. The van der Waals surface area contributed by atoms with Crippen LogP contribution in [0.4, 0.5) is 0 Å². The van der Waals surface area contributed by atoms with E-state index in [2.05, 4.69) is 54.3 Å². The minimum atomic E-state index is 0.707. The fourth-order valence-corrected chi connectivity index (χ4v) is 3.06. The van der Waals surface area contributed by atoms with Crippen LogP contribution in [0.1, 0.15) is 38.2 Å². The third-order valence-corrected chi connectivity index (χ3v) is 4.17.